The van der Waals surface area contributed by atoms with Gasteiger partial charge in [0.2, 0.25) is 0 Å². The summed E-state index contributed by atoms with van der Waals surface area (Å²) in [6.45, 7) is 7.37. The van der Waals surface area contributed by atoms with E-state index in [2.05, 4.69) is 53.1 Å². The summed E-state index contributed by atoms with van der Waals surface area (Å²) in [5.74, 6) is 0.934. The molecule has 2 saturated heterocycles. The number of fused-ring (bicyclic) bond motifs is 1. The predicted octanol–water partition coefficient (Wildman–Crippen LogP) is 4.82. The lowest BCUT2D eigenvalue weighted by Gasteiger charge is -2.49. The smallest absolute Gasteiger partial charge is 0.0283 e. The zero-order valence-corrected chi connectivity index (χ0v) is 15.9. The number of rotatable bonds is 4. The third kappa shape index (κ3) is 4.01. The molecule has 2 heteroatoms. The van der Waals surface area contributed by atoms with E-state index in [9.17, 15) is 0 Å². The highest BCUT2D eigenvalue weighted by molar-refractivity contribution is 5.52. The summed E-state index contributed by atoms with van der Waals surface area (Å²) in [6, 6.07) is 12.5. The fourth-order valence-corrected chi connectivity index (χ4v) is 5.64. The van der Waals surface area contributed by atoms with Gasteiger partial charge < -0.3 is 0 Å². The van der Waals surface area contributed by atoms with Crippen LogP contribution in [0.4, 0.5) is 0 Å². The Morgan fingerprint density at radius 1 is 0.960 bits per heavy atom. The van der Waals surface area contributed by atoms with Gasteiger partial charge in [0.25, 0.3) is 0 Å². The molecular weight excluding hydrogens is 304 g/mol. The fraction of sp³-hybridized carbons (Fsp3) is 0.652. The molecule has 25 heavy (non-hydrogen) atoms. The maximum Gasteiger partial charge on any atom is 0.0283 e. The molecule has 0 amide bonds. The molecule has 0 N–H and O–H groups in total. The predicted molar refractivity (Wildman–Crippen MR) is 107 cm³/mol. The molecule has 2 nitrogen and oxygen atoms in total. The first-order valence-electron chi connectivity index (χ1n) is 10.5. The Hall–Kier alpha value is -1.12. The van der Waals surface area contributed by atoms with Crippen LogP contribution in [0.15, 0.2) is 35.9 Å². The maximum atomic E-state index is 2.86. The first-order chi connectivity index (χ1) is 12.3. The highest BCUT2D eigenvalue weighted by Crippen LogP contribution is 2.37. The Labute approximate surface area is 153 Å². The first kappa shape index (κ1) is 17.3. The van der Waals surface area contributed by atoms with E-state index in [4.69, 9.17) is 0 Å². The van der Waals surface area contributed by atoms with Crippen LogP contribution in [0.25, 0.3) is 6.08 Å². The molecule has 1 aromatic rings. The Bertz CT molecular complexity index is 573. The third-order valence-corrected chi connectivity index (χ3v) is 6.70. The van der Waals surface area contributed by atoms with Gasteiger partial charge in [-0.1, -0.05) is 61.2 Å². The number of nitrogens with zero attached hydrogens (tertiary/aromatic N) is 2. The Kier molecular flexibility index (Phi) is 5.57. The number of benzene rings is 1. The van der Waals surface area contributed by atoms with E-state index in [0.717, 1.165) is 24.5 Å². The molecule has 1 saturated carbocycles. The summed E-state index contributed by atoms with van der Waals surface area (Å²) in [7, 11) is 0. The van der Waals surface area contributed by atoms with Crippen molar-refractivity contribution in [3.8, 4) is 0 Å². The van der Waals surface area contributed by atoms with Gasteiger partial charge in [-0.2, -0.15) is 0 Å². The van der Waals surface area contributed by atoms with Crippen LogP contribution < -0.4 is 0 Å². The average Bonchev–Trinajstić information content (AvgIpc) is 3.11. The van der Waals surface area contributed by atoms with E-state index in [1.807, 2.05) is 0 Å². The van der Waals surface area contributed by atoms with Crippen LogP contribution in [0.1, 0.15) is 57.4 Å². The second-order valence-electron chi connectivity index (χ2n) is 8.51. The van der Waals surface area contributed by atoms with Crippen LogP contribution in [0.5, 0.6) is 0 Å². The minimum Gasteiger partial charge on any atom is -0.298 e. The molecule has 0 bridgehead atoms. The van der Waals surface area contributed by atoms with Crippen molar-refractivity contribution < 1.29 is 0 Å². The van der Waals surface area contributed by atoms with Gasteiger partial charge in [0.05, 0.1) is 0 Å². The molecule has 3 aliphatic rings. The van der Waals surface area contributed by atoms with E-state index >= 15 is 0 Å². The largest absolute Gasteiger partial charge is 0.298 e. The van der Waals surface area contributed by atoms with Crippen LogP contribution in [-0.2, 0) is 0 Å². The molecular formula is C23H34N2. The summed E-state index contributed by atoms with van der Waals surface area (Å²) in [5, 5.41) is 0. The molecule has 0 spiro atoms. The van der Waals surface area contributed by atoms with Crippen molar-refractivity contribution in [2.75, 3.05) is 26.2 Å². The summed E-state index contributed by atoms with van der Waals surface area (Å²) < 4.78 is 0. The van der Waals surface area contributed by atoms with Gasteiger partial charge >= 0.3 is 0 Å². The lowest BCUT2D eigenvalue weighted by atomic mass is 9.78. The molecule has 4 rings (SSSR count). The number of hydrogen-bond donors (Lipinski definition) is 0. The van der Waals surface area contributed by atoms with Crippen molar-refractivity contribution in [1.29, 1.82) is 0 Å². The van der Waals surface area contributed by atoms with Crippen molar-refractivity contribution in [2.45, 2.75) is 64.0 Å². The van der Waals surface area contributed by atoms with Crippen LogP contribution in [0, 0.1) is 5.92 Å². The lowest BCUT2D eigenvalue weighted by Crippen LogP contribution is -2.60. The maximum absolute atomic E-state index is 2.86. The standard InChI is InChI=1S/C23H34N2/c1-19(17-20-9-4-2-5-10-20)18-25-16-15-24-14-8-13-22(24)23(25)21-11-6-3-7-12-21/h2,4-5,9-10,17,21-23H,3,6-8,11-16,18H2,1H3/b19-17+/t22-,23+/m1/s1. The van der Waals surface area contributed by atoms with Gasteiger partial charge in [-0.05, 0) is 50.6 Å². The SMILES string of the molecule is C/C(=C\c1ccccc1)CN1CCN2CCC[C@@H]2[C@@H]1C1CCCCC1. The quantitative estimate of drug-likeness (QED) is 0.776. The van der Waals surface area contributed by atoms with Crippen LogP contribution >= 0.6 is 0 Å². The van der Waals surface area contributed by atoms with Crippen LogP contribution in [-0.4, -0.2) is 48.1 Å². The lowest BCUT2D eigenvalue weighted by molar-refractivity contribution is 0.00689. The van der Waals surface area contributed by atoms with Gasteiger partial charge in [-0.25, -0.2) is 0 Å². The molecule has 136 valence electrons. The minimum atomic E-state index is 0.802. The molecule has 1 aliphatic carbocycles. The number of piperazine rings is 1. The molecule has 0 radical (unpaired) electrons. The summed E-state index contributed by atoms with van der Waals surface area (Å²) >= 11 is 0. The molecule has 2 aliphatic heterocycles. The van der Waals surface area contributed by atoms with Crippen molar-refractivity contribution in [3.63, 3.8) is 0 Å². The van der Waals surface area contributed by atoms with Crippen LogP contribution in [0.2, 0.25) is 0 Å². The van der Waals surface area contributed by atoms with Crippen molar-refractivity contribution >= 4 is 6.08 Å². The highest BCUT2D eigenvalue weighted by atomic mass is 15.3. The summed E-state index contributed by atoms with van der Waals surface area (Å²) in [5.41, 5.74) is 2.85. The normalized spacial score (nSPS) is 29.7. The Balaban J connectivity index is 1.50. The van der Waals surface area contributed by atoms with E-state index < -0.39 is 0 Å². The van der Waals surface area contributed by atoms with Gasteiger partial charge in [-0.15, -0.1) is 0 Å². The summed E-state index contributed by atoms with van der Waals surface area (Å²) in [4.78, 5) is 5.67. The van der Waals surface area contributed by atoms with Gasteiger partial charge in [0, 0.05) is 31.7 Å². The van der Waals surface area contributed by atoms with E-state index in [1.54, 1.807) is 0 Å². The molecule has 1 aromatic carbocycles. The monoisotopic (exact) mass is 338 g/mol. The van der Waals surface area contributed by atoms with Crippen molar-refractivity contribution in [3.05, 3.63) is 41.5 Å². The zero-order chi connectivity index (χ0) is 17.1. The average molecular weight is 339 g/mol. The number of hydrogen-bond acceptors (Lipinski definition) is 2. The van der Waals surface area contributed by atoms with Gasteiger partial charge in [0.1, 0.15) is 0 Å². The van der Waals surface area contributed by atoms with Gasteiger partial charge in [0.15, 0.2) is 0 Å². The highest BCUT2D eigenvalue weighted by Gasteiger charge is 2.42. The minimum absolute atomic E-state index is 0.802. The Morgan fingerprint density at radius 2 is 1.76 bits per heavy atom. The van der Waals surface area contributed by atoms with Crippen molar-refractivity contribution in [1.82, 2.24) is 9.80 Å². The Morgan fingerprint density at radius 3 is 2.56 bits per heavy atom. The molecule has 2 atom stereocenters. The van der Waals surface area contributed by atoms with E-state index in [0.29, 0.717) is 0 Å². The second-order valence-corrected chi connectivity index (χ2v) is 8.51. The second kappa shape index (κ2) is 8.05. The molecule has 3 fully saturated rings. The van der Waals surface area contributed by atoms with Crippen molar-refractivity contribution in [2.24, 2.45) is 5.92 Å². The fourth-order valence-electron chi connectivity index (χ4n) is 5.64. The van der Waals surface area contributed by atoms with E-state index in [-0.39, 0.29) is 0 Å². The van der Waals surface area contributed by atoms with Crippen LogP contribution in [0.3, 0.4) is 0 Å². The zero-order valence-electron chi connectivity index (χ0n) is 15.9. The summed E-state index contributed by atoms with van der Waals surface area (Å²) in [6.07, 6.45) is 12.5. The topological polar surface area (TPSA) is 6.48 Å². The molecule has 2 heterocycles. The third-order valence-electron chi connectivity index (χ3n) is 6.70. The van der Waals surface area contributed by atoms with Gasteiger partial charge in [-0.3, -0.25) is 9.80 Å². The molecule has 0 aromatic heterocycles. The first-order valence-corrected chi connectivity index (χ1v) is 10.5. The molecule has 0 unspecified atom stereocenters. The van der Waals surface area contributed by atoms with E-state index in [1.165, 1.54) is 75.7 Å².